The summed E-state index contributed by atoms with van der Waals surface area (Å²) >= 11 is 0. The number of nitrogens with one attached hydrogen (secondary N) is 1. The Bertz CT molecular complexity index is 276. The highest BCUT2D eigenvalue weighted by atomic mass is 19.4. The molecule has 1 rings (SSSR count). The van der Waals surface area contributed by atoms with E-state index < -0.39 is 36.0 Å². The van der Waals surface area contributed by atoms with E-state index >= 15 is 0 Å². The number of carbonyl (C=O) groups excluding carboxylic acids is 2. The van der Waals surface area contributed by atoms with E-state index in [2.05, 4.69) is 0 Å². The molecule has 2 atom stereocenters. The molecule has 0 aromatic carbocycles. The molecule has 15 heavy (non-hydrogen) atoms. The molecule has 1 aliphatic rings. The highest BCUT2D eigenvalue weighted by Gasteiger charge is 2.65. The second-order valence-corrected chi connectivity index (χ2v) is 2.89. The number of hydrogen-bond acceptors (Lipinski definition) is 2. The molecule has 0 radical (unpaired) electrons. The van der Waals surface area contributed by atoms with Crippen molar-refractivity contribution in [1.82, 2.24) is 5.32 Å². The molecule has 1 aliphatic heterocycles. The van der Waals surface area contributed by atoms with E-state index in [1.807, 2.05) is 0 Å². The fourth-order valence-electron chi connectivity index (χ4n) is 1.25. The number of halogens is 6. The molecule has 0 aromatic rings. The summed E-state index contributed by atoms with van der Waals surface area (Å²) in [4.78, 5) is 21.1. The van der Waals surface area contributed by atoms with Crippen LogP contribution in [0.15, 0.2) is 0 Å². The lowest BCUT2D eigenvalue weighted by molar-refractivity contribution is -0.237. The first-order valence-corrected chi connectivity index (χ1v) is 3.53. The molecule has 1 fully saturated rings. The van der Waals surface area contributed by atoms with Gasteiger partial charge in [-0.3, -0.25) is 14.9 Å². The van der Waals surface area contributed by atoms with E-state index in [-0.39, 0.29) is 0 Å². The summed E-state index contributed by atoms with van der Waals surface area (Å²) in [6, 6.07) is 0. The van der Waals surface area contributed by atoms with Crippen molar-refractivity contribution in [2.24, 2.45) is 11.8 Å². The van der Waals surface area contributed by atoms with Crippen LogP contribution in [-0.4, -0.2) is 24.2 Å². The standard InChI is InChI=1S/C6H3F6NO2/c7-5(8,9)1-2(6(10,11)12)4(15)13-3(1)14/h1-2H,(H,13,14,15). The van der Waals surface area contributed by atoms with Gasteiger partial charge in [0, 0.05) is 0 Å². The van der Waals surface area contributed by atoms with Gasteiger partial charge >= 0.3 is 12.4 Å². The van der Waals surface area contributed by atoms with Gasteiger partial charge < -0.3 is 0 Å². The predicted molar refractivity (Wildman–Crippen MR) is 32.2 cm³/mol. The lowest BCUT2D eigenvalue weighted by Gasteiger charge is -2.20. The highest BCUT2D eigenvalue weighted by Crippen LogP contribution is 2.43. The van der Waals surface area contributed by atoms with Crippen LogP contribution in [0.25, 0.3) is 0 Å². The van der Waals surface area contributed by atoms with Crippen LogP contribution in [0.1, 0.15) is 0 Å². The first-order valence-electron chi connectivity index (χ1n) is 3.53. The summed E-state index contributed by atoms with van der Waals surface area (Å²) in [6.45, 7) is 0. The van der Waals surface area contributed by atoms with Crippen molar-refractivity contribution in [2.75, 3.05) is 0 Å². The monoisotopic (exact) mass is 235 g/mol. The van der Waals surface area contributed by atoms with E-state index in [1.54, 1.807) is 0 Å². The van der Waals surface area contributed by atoms with Crippen LogP contribution >= 0.6 is 0 Å². The molecule has 0 aromatic heterocycles. The zero-order chi connectivity index (χ0) is 12.0. The van der Waals surface area contributed by atoms with E-state index in [4.69, 9.17) is 0 Å². The minimum Gasteiger partial charge on any atom is -0.295 e. The summed E-state index contributed by atoms with van der Waals surface area (Å²) < 4.78 is 72.3. The van der Waals surface area contributed by atoms with Gasteiger partial charge in [0.15, 0.2) is 11.8 Å². The summed E-state index contributed by atoms with van der Waals surface area (Å²) in [5.41, 5.74) is 0. The van der Waals surface area contributed by atoms with Crippen LogP contribution in [0.4, 0.5) is 26.3 Å². The molecule has 0 spiro atoms. The Hall–Kier alpha value is -1.28. The van der Waals surface area contributed by atoms with Gasteiger partial charge in [-0.25, -0.2) is 0 Å². The molecular weight excluding hydrogens is 232 g/mol. The van der Waals surface area contributed by atoms with Crippen molar-refractivity contribution in [2.45, 2.75) is 12.4 Å². The largest absolute Gasteiger partial charge is 0.401 e. The minimum absolute atomic E-state index is 1.01. The number of rotatable bonds is 0. The number of amides is 2. The van der Waals surface area contributed by atoms with Gasteiger partial charge in [-0.2, -0.15) is 26.3 Å². The topological polar surface area (TPSA) is 46.2 Å². The SMILES string of the molecule is O=C1NC(=O)C(C(F)(F)F)C1C(F)(F)F. The van der Waals surface area contributed by atoms with Crippen molar-refractivity contribution in [1.29, 1.82) is 0 Å². The van der Waals surface area contributed by atoms with Gasteiger partial charge in [0.05, 0.1) is 0 Å². The minimum atomic E-state index is -5.39. The Labute approximate surface area is 78.4 Å². The molecule has 86 valence electrons. The van der Waals surface area contributed by atoms with Gasteiger partial charge in [0.25, 0.3) is 0 Å². The molecule has 2 amide bonds. The van der Waals surface area contributed by atoms with Crippen LogP contribution in [0, 0.1) is 11.8 Å². The van der Waals surface area contributed by atoms with Crippen molar-refractivity contribution < 1.29 is 35.9 Å². The molecule has 0 bridgehead atoms. The van der Waals surface area contributed by atoms with Crippen molar-refractivity contribution in [3.63, 3.8) is 0 Å². The van der Waals surface area contributed by atoms with Crippen LogP contribution in [0.5, 0.6) is 0 Å². The maximum Gasteiger partial charge on any atom is 0.401 e. The summed E-state index contributed by atoms with van der Waals surface area (Å²) in [5.74, 6) is -10.6. The fraction of sp³-hybridized carbons (Fsp3) is 0.667. The predicted octanol–water partition coefficient (Wildman–Crippen LogP) is 1.000. The average Bonchev–Trinajstić information content (AvgIpc) is 2.22. The highest BCUT2D eigenvalue weighted by molar-refractivity contribution is 6.05. The Morgan fingerprint density at radius 2 is 1.07 bits per heavy atom. The number of imide groups is 1. The molecule has 1 saturated heterocycles. The van der Waals surface area contributed by atoms with Crippen LogP contribution in [0.2, 0.25) is 0 Å². The van der Waals surface area contributed by atoms with Gasteiger partial charge in [-0.15, -0.1) is 0 Å². The molecular formula is C6H3F6NO2. The van der Waals surface area contributed by atoms with E-state index in [9.17, 15) is 35.9 Å². The van der Waals surface area contributed by atoms with Gasteiger partial charge in [-0.05, 0) is 0 Å². The van der Waals surface area contributed by atoms with E-state index in [0.29, 0.717) is 0 Å². The number of alkyl halides is 6. The summed E-state index contributed by atoms with van der Waals surface area (Å²) in [6.07, 6.45) is -10.8. The summed E-state index contributed by atoms with van der Waals surface area (Å²) in [5, 5.41) is 1.01. The average molecular weight is 235 g/mol. The zero-order valence-electron chi connectivity index (χ0n) is 6.74. The van der Waals surface area contributed by atoms with Gasteiger partial charge in [-0.1, -0.05) is 0 Å². The number of carbonyl (C=O) groups is 2. The summed E-state index contributed by atoms with van der Waals surface area (Å²) in [7, 11) is 0. The third-order valence-electron chi connectivity index (χ3n) is 1.85. The molecule has 0 aliphatic carbocycles. The van der Waals surface area contributed by atoms with Gasteiger partial charge in [0.1, 0.15) is 0 Å². The maximum atomic E-state index is 12.1. The first kappa shape index (κ1) is 11.8. The van der Waals surface area contributed by atoms with E-state index in [1.165, 1.54) is 0 Å². The molecule has 9 heteroatoms. The first-order chi connectivity index (χ1) is 6.55. The molecule has 1 N–H and O–H groups in total. The quantitative estimate of drug-likeness (QED) is 0.503. The molecule has 2 unspecified atom stereocenters. The van der Waals surface area contributed by atoms with Crippen LogP contribution in [0.3, 0.4) is 0 Å². The third kappa shape index (κ3) is 2.05. The van der Waals surface area contributed by atoms with Crippen molar-refractivity contribution in [3.05, 3.63) is 0 Å². The van der Waals surface area contributed by atoms with Crippen LogP contribution < -0.4 is 5.32 Å². The van der Waals surface area contributed by atoms with Crippen molar-refractivity contribution in [3.8, 4) is 0 Å². The molecule has 3 nitrogen and oxygen atoms in total. The fourth-order valence-corrected chi connectivity index (χ4v) is 1.25. The lowest BCUT2D eigenvalue weighted by Crippen LogP contribution is -2.40. The Morgan fingerprint density at radius 3 is 1.27 bits per heavy atom. The Kier molecular flexibility index (Phi) is 2.44. The van der Waals surface area contributed by atoms with Crippen LogP contribution in [-0.2, 0) is 9.59 Å². The van der Waals surface area contributed by atoms with Gasteiger partial charge in [0.2, 0.25) is 11.8 Å². The second-order valence-electron chi connectivity index (χ2n) is 2.89. The smallest absolute Gasteiger partial charge is 0.295 e. The normalized spacial score (nSPS) is 28.1. The third-order valence-corrected chi connectivity index (χ3v) is 1.85. The Morgan fingerprint density at radius 1 is 0.800 bits per heavy atom. The van der Waals surface area contributed by atoms with Crippen molar-refractivity contribution >= 4 is 11.8 Å². The lowest BCUT2D eigenvalue weighted by atomic mass is 9.94. The second kappa shape index (κ2) is 3.11. The Balaban J connectivity index is 3.12. The maximum absolute atomic E-state index is 12.1. The number of hydrogen-bond donors (Lipinski definition) is 1. The zero-order valence-corrected chi connectivity index (χ0v) is 6.74. The molecule has 0 saturated carbocycles. The van der Waals surface area contributed by atoms with E-state index in [0.717, 1.165) is 5.32 Å². The molecule has 1 heterocycles.